The fraction of sp³-hybridized carbons (Fsp3) is 0.533. The van der Waals surface area contributed by atoms with E-state index in [1.807, 2.05) is 6.92 Å². The van der Waals surface area contributed by atoms with Crippen LogP contribution in [0.2, 0.25) is 0 Å². The molecule has 2 atom stereocenters. The second-order valence-corrected chi connectivity index (χ2v) is 5.68. The summed E-state index contributed by atoms with van der Waals surface area (Å²) in [5.41, 5.74) is 0.728. The molecule has 114 valence electrons. The second-order valence-electron chi connectivity index (χ2n) is 5.68. The first-order valence-corrected chi connectivity index (χ1v) is 7.21. The molecule has 0 saturated heterocycles. The van der Waals surface area contributed by atoms with Crippen LogP contribution in [0.15, 0.2) is 18.2 Å². The molecule has 1 amide bonds. The smallest absolute Gasteiger partial charge is 0.282 e. The number of nitro benzene ring substituents is 1. The highest BCUT2D eigenvalue weighted by molar-refractivity contribution is 5.99. The first-order valence-electron chi connectivity index (χ1n) is 7.21. The van der Waals surface area contributed by atoms with Crippen LogP contribution in [0, 0.1) is 22.0 Å². The first-order chi connectivity index (χ1) is 9.93. The number of nitrogens with zero attached hydrogens (tertiary/aromatic N) is 2. The molecule has 6 nitrogen and oxygen atoms in total. The van der Waals surface area contributed by atoms with Gasteiger partial charge in [-0.3, -0.25) is 14.9 Å². The molecule has 0 aliphatic heterocycles. The van der Waals surface area contributed by atoms with E-state index in [0.717, 1.165) is 12.1 Å². The normalized spacial score (nSPS) is 20.0. The zero-order valence-electron chi connectivity index (χ0n) is 12.6. The van der Waals surface area contributed by atoms with Gasteiger partial charge >= 0.3 is 0 Å². The molecule has 0 spiro atoms. The van der Waals surface area contributed by atoms with Crippen molar-refractivity contribution in [1.82, 2.24) is 4.90 Å². The van der Waals surface area contributed by atoms with Crippen LogP contribution in [0.3, 0.4) is 0 Å². The van der Waals surface area contributed by atoms with E-state index in [1.54, 1.807) is 24.1 Å². The zero-order valence-corrected chi connectivity index (χ0v) is 12.6. The second kappa shape index (κ2) is 6.11. The SMILES string of the molecule is CCNc1ccc([N+](=O)[O-])c(C(=O)N(C)CC2CC2C)c1. The highest BCUT2D eigenvalue weighted by Gasteiger charge is 2.35. The van der Waals surface area contributed by atoms with Crippen molar-refractivity contribution in [3.8, 4) is 0 Å². The fourth-order valence-corrected chi connectivity index (χ4v) is 2.47. The van der Waals surface area contributed by atoms with Gasteiger partial charge < -0.3 is 10.2 Å². The number of nitrogens with one attached hydrogen (secondary N) is 1. The summed E-state index contributed by atoms with van der Waals surface area (Å²) in [6.45, 7) is 5.43. The molecule has 1 aliphatic carbocycles. The highest BCUT2D eigenvalue weighted by Crippen LogP contribution is 2.38. The van der Waals surface area contributed by atoms with Gasteiger partial charge in [0.25, 0.3) is 11.6 Å². The molecule has 1 aromatic carbocycles. The summed E-state index contributed by atoms with van der Waals surface area (Å²) in [4.78, 5) is 24.7. The van der Waals surface area contributed by atoms with Gasteiger partial charge in [-0.25, -0.2) is 0 Å². The molecule has 2 rings (SSSR count). The molecule has 0 aromatic heterocycles. The van der Waals surface area contributed by atoms with Crippen molar-refractivity contribution in [2.45, 2.75) is 20.3 Å². The Hall–Kier alpha value is -2.11. The summed E-state index contributed by atoms with van der Waals surface area (Å²) in [7, 11) is 1.71. The molecular formula is C15H21N3O3. The van der Waals surface area contributed by atoms with E-state index >= 15 is 0 Å². The summed E-state index contributed by atoms with van der Waals surface area (Å²) >= 11 is 0. The van der Waals surface area contributed by atoms with Crippen molar-refractivity contribution >= 4 is 17.3 Å². The van der Waals surface area contributed by atoms with Crippen molar-refractivity contribution in [1.29, 1.82) is 0 Å². The number of hydrogen-bond donors (Lipinski definition) is 1. The van der Waals surface area contributed by atoms with Crippen molar-refractivity contribution in [3.05, 3.63) is 33.9 Å². The Labute approximate surface area is 124 Å². The number of hydrogen-bond acceptors (Lipinski definition) is 4. The number of rotatable bonds is 6. The van der Waals surface area contributed by atoms with Gasteiger partial charge in [0.15, 0.2) is 0 Å². The quantitative estimate of drug-likeness (QED) is 0.646. The van der Waals surface area contributed by atoms with Crippen molar-refractivity contribution < 1.29 is 9.72 Å². The van der Waals surface area contributed by atoms with Gasteiger partial charge in [0.05, 0.1) is 4.92 Å². The summed E-state index contributed by atoms with van der Waals surface area (Å²) in [5.74, 6) is 0.874. The molecule has 21 heavy (non-hydrogen) atoms. The Bertz CT molecular complexity index is 559. The minimum atomic E-state index is -0.503. The van der Waals surface area contributed by atoms with E-state index in [0.29, 0.717) is 24.9 Å². The van der Waals surface area contributed by atoms with Crippen LogP contribution < -0.4 is 5.32 Å². The maximum Gasteiger partial charge on any atom is 0.282 e. The molecule has 1 aliphatic rings. The third-order valence-corrected chi connectivity index (χ3v) is 3.94. The molecule has 1 N–H and O–H groups in total. The van der Waals surface area contributed by atoms with Crippen LogP contribution in [0.1, 0.15) is 30.6 Å². The largest absolute Gasteiger partial charge is 0.385 e. The molecule has 6 heteroatoms. The van der Waals surface area contributed by atoms with Gasteiger partial charge in [-0.2, -0.15) is 0 Å². The van der Waals surface area contributed by atoms with E-state index < -0.39 is 4.92 Å². The highest BCUT2D eigenvalue weighted by atomic mass is 16.6. The lowest BCUT2D eigenvalue weighted by Crippen LogP contribution is -2.29. The Balaban J connectivity index is 2.23. The number of anilines is 1. The summed E-state index contributed by atoms with van der Waals surface area (Å²) in [6.07, 6.45) is 1.12. The lowest BCUT2D eigenvalue weighted by atomic mass is 10.1. The van der Waals surface area contributed by atoms with E-state index in [1.165, 1.54) is 6.07 Å². The van der Waals surface area contributed by atoms with Gasteiger partial charge in [-0.15, -0.1) is 0 Å². The predicted octanol–water partition coefficient (Wildman–Crippen LogP) is 2.75. The monoisotopic (exact) mass is 291 g/mol. The van der Waals surface area contributed by atoms with Gasteiger partial charge in [0.1, 0.15) is 5.56 Å². The van der Waals surface area contributed by atoms with E-state index in [2.05, 4.69) is 12.2 Å². The molecule has 0 heterocycles. The molecule has 0 bridgehead atoms. The van der Waals surface area contributed by atoms with Crippen LogP contribution >= 0.6 is 0 Å². The Morgan fingerprint density at radius 1 is 1.52 bits per heavy atom. The summed E-state index contributed by atoms with van der Waals surface area (Å²) in [5, 5.41) is 14.2. The van der Waals surface area contributed by atoms with E-state index in [9.17, 15) is 14.9 Å². The average Bonchev–Trinajstić information content (AvgIpc) is 3.13. The minimum Gasteiger partial charge on any atom is -0.385 e. The summed E-state index contributed by atoms with van der Waals surface area (Å²) < 4.78 is 0. The third kappa shape index (κ3) is 3.51. The lowest BCUT2D eigenvalue weighted by Gasteiger charge is -2.17. The van der Waals surface area contributed by atoms with Gasteiger partial charge in [0.2, 0.25) is 0 Å². The van der Waals surface area contributed by atoms with Crippen LogP contribution in [0.25, 0.3) is 0 Å². The van der Waals surface area contributed by atoms with E-state index in [4.69, 9.17) is 0 Å². The van der Waals surface area contributed by atoms with Gasteiger partial charge in [0, 0.05) is 31.9 Å². The number of nitro groups is 1. The topological polar surface area (TPSA) is 75.5 Å². The molecule has 1 fully saturated rings. The third-order valence-electron chi connectivity index (χ3n) is 3.94. The van der Waals surface area contributed by atoms with Crippen molar-refractivity contribution in [2.75, 3.05) is 25.5 Å². The fourth-order valence-electron chi connectivity index (χ4n) is 2.47. The number of amides is 1. The van der Waals surface area contributed by atoms with E-state index in [-0.39, 0.29) is 17.2 Å². The van der Waals surface area contributed by atoms with Crippen LogP contribution in [-0.4, -0.2) is 35.9 Å². The standard InChI is InChI=1S/C15H21N3O3/c1-4-16-12-5-6-14(18(20)21)13(8-12)15(19)17(3)9-11-7-10(11)2/h5-6,8,10-11,16H,4,7,9H2,1-3H3. The zero-order chi connectivity index (χ0) is 15.6. The van der Waals surface area contributed by atoms with Gasteiger partial charge in [-0.05, 0) is 37.3 Å². The number of carbonyl (C=O) groups is 1. The van der Waals surface area contributed by atoms with Crippen molar-refractivity contribution in [3.63, 3.8) is 0 Å². The molecule has 2 unspecified atom stereocenters. The average molecular weight is 291 g/mol. The number of carbonyl (C=O) groups excluding carboxylic acids is 1. The predicted molar refractivity (Wildman–Crippen MR) is 81.5 cm³/mol. The minimum absolute atomic E-state index is 0.141. The maximum absolute atomic E-state index is 12.5. The molecule has 0 radical (unpaired) electrons. The molecule has 1 aromatic rings. The molecular weight excluding hydrogens is 270 g/mol. The lowest BCUT2D eigenvalue weighted by molar-refractivity contribution is -0.385. The Kier molecular flexibility index (Phi) is 4.45. The van der Waals surface area contributed by atoms with Crippen LogP contribution in [-0.2, 0) is 0 Å². The first kappa shape index (κ1) is 15.3. The maximum atomic E-state index is 12.5. The number of benzene rings is 1. The Morgan fingerprint density at radius 2 is 2.19 bits per heavy atom. The molecule has 1 saturated carbocycles. The van der Waals surface area contributed by atoms with Gasteiger partial charge in [-0.1, -0.05) is 6.92 Å². The van der Waals surface area contributed by atoms with Crippen LogP contribution in [0.4, 0.5) is 11.4 Å². The summed E-state index contributed by atoms with van der Waals surface area (Å²) in [6, 6.07) is 4.58. The van der Waals surface area contributed by atoms with Crippen molar-refractivity contribution in [2.24, 2.45) is 11.8 Å². The Morgan fingerprint density at radius 3 is 2.71 bits per heavy atom. The van der Waals surface area contributed by atoms with Crippen LogP contribution in [0.5, 0.6) is 0 Å².